The number of rotatable bonds is 1. The summed E-state index contributed by atoms with van der Waals surface area (Å²) < 4.78 is 2.55. The molecule has 4 rings (SSSR count). The molecule has 0 fully saturated rings. The molecule has 0 bridgehead atoms. The molecule has 2 aromatic heterocycles. The number of benzene rings is 1. The van der Waals surface area contributed by atoms with Crippen LogP contribution in [0.1, 0.15) is 18.2 Å². The topological polar surface area (TPSA) is 100 Å². The molecule has 1 atom stereocenters. The lowest BCUT2D eigenvalue weighted by Gasteiger charge is -2.07. The number of aromatic amines is 1. The highest BCUT2D eigenvalue weighted by molar-refractivity contribution is 5.80. The summed E-state index contributed by atoms with van der Waals surface area (Å²) in [4.78, 5) is 26.4. The second kappa shape index (κ2) is 4.35. The summed E-state index contributed by atoms with van der Waals surface area (Å²) in [5, 5.41) is 20.9. The molecule has 1 aliphatic rings. The maximum atomic E-state index is 12.4. The van der Waals surface area contributed by atoms with Crippen molar-refractivity contribution in [3.8, 4) is 11.6 Å². The summed E-state index contributed by atoms with van der Waals surface area (Å²) in [6.07, 6.45) is -0.399. The number of hydrogen-bond donors (Lipinski definition) is 3. The van der Waals surface area contributed by atoms with Crippen molar-refractivity contribution in [3.05, 3.63) is 56.9 Å². The van der Waals surface area contributed by atoms with Gasteiger partial charge in [0.1, 0.15) is 11.8 Å². The fourth-order valence-electron chi connectivity index (χ4n) is 3.00. The number of imidazole rings is 1. The van der Waals surface area contributed by atoms with E-state index in [1.54, 1.807) is 24.3 Å². The van der Waals surface area contributed by atoms with Gasteiger partial charge in [0.05, 0.1) is 5.69 Å². The van der Waals surface area contributed by atoms with Crippen molar-refractivity contribution >= 4 is 10.9 Å². The first kappa shape index (κ1) is 12.9. The minimum atomic E-state index is -0.828. The molecule has 3 aromatic rings. The van der Waals surface area contributed by atoms with E-state index in [1.807, 2.05) is 0 Å². The van der Waals surface area contributed by atoms with E-state index in [9.17, 15) is 19.8 Å². The van der Waals surface area contributed by atoms with E-state index >= 15 is 0 Å². The van der Waals surface area contributed by atoms with Crippen LogP contribution in [0.15, 0.2) is 39.9 Å². The van der Waals surface area contributed by atoms with Gasteiger partial charge in [-0.1, -0.05) is 0 Å². The molecule has 1 aliphatic heterocycles. The third-order valence-corrected chi connectivity index (χ3v) is 4.06. The average molecular weight is 299 g/mol. The maximum absolute atomic E-state index is 12.4. The third-order valence-electron chi connectivity index (χ3n) is 4.06. The van der Waals surface area contributed by atoms with Gasteiger partial charge in [0, 0.05) is 23.5 Å². The van der Waals surface area contributed by atoms with Crippen LogP contribution in [0.5, 0.6) is 5.88 Å². The number of fused-ring (bicyclic) bond motifs is 2. The van der Waals surface area contributed by atoms with Crippen LogP contribution in [-0.4, -0.2) is 24.3 Å². The predicted molar refractivity (Wildman–Crippen MR) is 79.4 cm³/mol. The van der Waals surface area contributed by atoms with Crippen LogP contribution in [0.25, 0.3) is 16.6 Å². The summed E-state index contributed by atoms with van der Waals surface area (Å²) >= 11 is 0. The van der Waals surface area contributed by atoms with Gasteiger partial charge in [-0.2, -0.15) is 0 Å². The number of H-pyrrole nitrogens is 1. The first-order valence-corrected chi connectivity index (χ1v) is 6.92. The first-order chi connectivity index (χ1) is 10.6. The molecule has 112 valence electrons. The van der Waals surface area contributed by atoms with E-state index in [4.69, 9.17) is 0 Å². The van der Waals surface area contributed by atoms with Gasteiger partial charge in [0.25, 0.3) is 0 Å². The fourth-order valence-corrected chi connectivity index (χ4v) is 3.00. The lowest BCUT2D eigenvalue weighted by atomic mass is 10.2. The molecule has 3 heterocycles. The Kier molecular flexibility index (Phi) is 2.55. The normalized spacial score (nSPS) is 17.0. The summed E-state index contributed by atoms with van der Waals surface area (Å²) in [7, 11) is 0. The van der Waals surface area contributed by atoms with Crippen LogP contribution in [0.3, 0.4) is 0 Å². The number of aliphatic hydroxyl groups excluding tert-OH is 1. The number of pyridine rings is 1. The number of nitrogens with zero attached hydrogens (tertiary/aromatic N) is 2. The van der Waals surface area contributed by atoms with Crippen molar-refractivity contribution in [1.82, 2.24) is 14.1 Å². The van der Waals surface area contributed by atoms with Crippen LogP contribution in [-0.2, 0) is 6.54 Å². The highest BCUT2D eigenvalue weighted by Gasteiger charge is 2.30. The molecule has 0 radical (unpaired) electrons. The Morgan fingerprint density at radius 1 is 1.18 bits per heavy atom. The van der Waals surface area contributed by atoms with E-state index in [0.29, 0.717) is 24.2 Å². The number of aliphatic hydroxyl groups is 1. The molecule has 7 nitrogen and oxygen atoms in total. The summed E-state index contributed by atoms with van der Waals surface area (Å²) in [6.45, 7) is 0.386. The Morgan fingerprint density at radius 3 is 2.77 bits per heavy atom. The second-order valence-electron chi connectivity index (χ2n) is 5.38. The molecule has 0 spiro atoms. The molecular weight excluding hydrogens is 286 g/mol. The first-order valence-electron chi connectivity index (χ1n) is 6.92. The Morgan fingerprint density at radius 2 is 2.00 bits per heavy atom. The fraction of sp³-hybridized carbons (Fsp3) is 0.200. The van der Waals surface area contributed by atoms with Crippen LogP contribution in [0.2, 0.25) is 0 Å². The molecule has 7 heteroatoms. The van der Waals surface area contributed by atoms with Crippen molar-refractivity contribution < 1.29 is 10.2 Å². The van der Waals surface area contributed by atoms with Crippen molar-refractivity contribution in [2.45, 2.75) is 19.1 Å². The quantitative estimate of drug-likeness (QED) is 0.613. The molecule has 0 saturated carbocycles. The zero-order chi connectivity index (χ0) is 15.4. The zero-order valence-corrected chi connectivity index (χ0v) is 11.5. The predicted octanol–water partition coefficient (Wildman–Crippen LogP) is 0.623. The molecule has 0 amide bonds. The molecular formula is C15H13N3O4. The van der Waals surface area contributed by atoms with Gasteiger partial charge in [-0.15, -0.1) is 0 Å². The lowest BCUT2D eigenvalue weighted by Crippen LogP contribution is -2.22. The van der Waals surface area contributed by atoms with Gasteiger partial charge in [-0.05, 0) is 30.7 Å². The van der Waals surface area contributed by atoms with E-state index in [-0.39, 0.29) is 22.8 Å². The largest absolute Gasteiger partial charge is 0.493 e. The van der Waals surface area contributed by atoms with E-state index in [2.05, 4.69) is 4.98 Å². The van der Waals surface area contributed by atoms with Gasteiger partial charge in [-0.25, -0.2) is 9.36 Å². The van der Waals surface area contributed by atoms with Crippen molar-refractivity contribution in [3.63, 3.8) is 0 Å². The smallest absolute Gasteiger partial charge is 0.336 e. The monoisotopic (exact) mass is 299 g/mol. The van der Waals surface area contributed by atoms with E-state index in [1.165, 1.54) is 15.2 Å². The standard InChI is InChI=1S/C15H13N3O4/c19-11-5-6-17-13(11)14(21)18(15(17)22)9-2-3-10-8(7-9)1-4-12(20)16-10/h1-4,7,11,19,21H,5-6H2,(H,16,20)/t11-/m1/s1. The molecule has 0 unspecified atom stereocenters. The summed E-state index contributed by atoms with van der Waals surface area (Å²) in [5.74, 6) is -0.237. The van der Waals surface area contributed by atoms with Crippen molar-refractivity contribution in [2.24, 2.45) is 0 Å². The molecule has 22 heavy (non-hydrogen) atoms. The van der Waals surface area contributed by atoms with Crippen molar-refractivity contribution in [2.75, 3.05) is 0 Å². The molecule has 0 saturated heterocycles. The van der Waals surface area contributed by atoms with E-state index in [0.717, 1.165) is 5.39 Å². The molecule has 1 aromatic carbocycles. The third kappa shape index (κ3) is 1.66. The maximum Gasteiger partial charge on any atom is 0.336 e. The van der Waals surface area contributed by atoms with Crippen LogP contribution in [0, 0.1) is 0 Å². The molecule has 0 aliphatic carbocycles. The summed E-state index contributed by atoms with van der Waals surface area (Å²) in [5.41, 5.74) is 0.803. The number of aromatic hydroxyl groups is 1. The Labute approximate surface area is 123 Å². The van der Waals surface area contributed by atoms with Gasteiger partial charge >= 0.3 is 5.69 Å². The average Bonchev–Trinajstić information content (AvgIpc) is 2.99. The minimum absolute atomic E-state index is 0.203. The van der Waals surface area contributed by atoms with Gasteiger partial charge in [-0.3, -0.25) is 9.36 Å². The number of nitrogens with one attached hydrogen (secondary N) is 1. The molecule has 3 N–H and O–H groups in total. The second-order valence-corrected chi connectivity index (χ2v) is 5.38. The van der Waals surface area contributed by atoms with Gasteiger partial charge < -0.3 is 15.2 Å². The van der Waals surface area contributed by atoms with Crippen LogP contribution < -0.4 is 11.2 Å². The Bertz CT molecular complexity index is 1010. The van der Waals surface area contributed by atoms with Crippen LogP contribution in [0.4, 0.5) is 0 Å². The lowest BCUT2D eigenvalue weighted by molar-refractivity contribution is 0.175. The minimum Gasteiger partial charge on any atom is -0.493 e. The Balaban J connectivity index is 1.97. The number of aromatic nitrogens is 3. The van der Waals surface area contributed by atoms with Gasteiger partial charge in [0.15, 0.2) is 0 Å². The summed E-state index contributed by atoms with van der Waals surface area (Å²) in [6, 6.07) is 8.07. The van der Waals surface area contributed by atoms with Gasteiger partial charge in [0.2, 0.25) is 11.4 Å². The highest BCUT2D eigenvalue weighted by atomic mass is 16.3. The van der Waals surface area contributed by atoms with E-state index < -0.39 is 6.10 Å². The highest BCUT2D eigenvalue weighted by Crippen LogP contribution is 2.33. The Hall–Kier alpha value is -2.80. The number of hydrogen-bond acceptors (Lipinski definition) is 4. The van der Waals surface area contributed by atoms with Crippen molar-refractivity contribution in [1.29, 1.82) is 0 Å². The zero-order valence-electron chi connectivity index (χ0n) is 11.5. The van der Waals surface area contributed by atoms with Crippen LogP contribution >= 0.6 is 0 Å². The SMILES string of the molecule is O=c1ccc2cc(-n3c(O)c4n(c3=O)CC[C@H]4O)ccc2[nH]1.